The molecule has 0 spiro atoms. The zero-order valence-electron chi connectivity index (χ0n) is 9.35. The highest BCUT2D eigenvalue weighted by atomic mass is 35.5. The molecule has 2 aromatic rings. The summed E-state index contributed by atoms with van der Waals surface area (Å²) in [6.07, 6.45) is 1.70. The van der Waals surface area contributed by atoms with Gasteiger partial charge in [0, 0.05) is 16.8 Å². The fraction of sp³-hybridized carbons (Fsp3) is 0.154. The van der Waals surface area contributed by atoms with Crippen LogP contribution in [0.25, 0.3) is 0 Å². The van der Waals surface area contributed by atoms with Crippen molar-refractivity contribution in [3.8, 4) is 11.5 Å². The minimum atomic E-state index is -0.158. The first-order valence-corrected chi connectivity index (χ1v) is 5.58. The number of halogens is 1. The highest BCUT2D eigenvalue weighted by molar-refractivity contribution is 6.31. The van der Waals surface area contributed by atoms with Gasteiger partial charge in [-0.25, -0.2) is 0 Å². The molecule has 0 bridgehead atoms. The Morgan fingerprint density at radius 1 is 1.24 bits per heavy atom. The monoisotopic (exact) mass is 249 g/mol. The summed E-state index contributed by atoms with van der Waals surface area (Å²) in [6, 6.07) is 8.89. The molecule has 1 aromatic heterocycles. The molecular formula is C13H12ClNO2. The summed E-state index contributed by atoms with van der Waals surface area (Å²) in [5.74, 6) is 1.21. The third kappa shape index (κ3) is 2.57. The Hall–Kier alpha value is -1.58. The van der Waals surface area contributed by atoms with Crippen molar-refractivity contribution in [3.63, 3.8) is 0 Å². The van der Waals surface area contributed by atoms with E-state index in [0.717, 1.165) is 5.69 Å². The maximum absolute atomic E-state index is 9.27. The average molecular weight is 250 g/mol. The number of pyridine rings is 1. The van der Waals surface area contributed by atoms with E-state index < -0.39 is 0 Å². The second-order valence-corrected chi connectivity index (χ2v) is 3.97. The summed E-state index contributed by atoms with van der Waals surface area (Å²) in [5, 5.41) is 9.76. The van der Waals surface area contributed by atoms with Crippen LogP contribution in [0.5, 0.6) is 11.5 Å². The molecule has 0 atom stereocenters. The van der Waals surface area contributed by atoms with Crippen LogP contribution in [-0.4, -0.2) is 10.1 Å². The van der Waals surface area contributed by atoms with Crippen LogP contribution in [0.15, 0.2) is 36.5 Å². The summed E-state index contributed by atoms with van der Waals surface area (Å²) in [6.45, 7) is 1.70. The van der Waals surface area contributed by atoms with Crippen LogP contribution in [0.2, 0.25) is 5.02 Å². The maximum Gasteiger partial charge on any atom is 0.148 e. The Bertz CT molecular complexity index is 529. The number of hydrogen-bond acceptors (Lipinski definition) is 3. The summed E-state index contributed by atoms with van der Waals surface area (Å²) in [5.41, 5.74) is 1.37. The molecule has 2 rings (SSSR count). The highest BCUT2D eigenvalue weighted by Crippen LogP contribution is 2.31. The predicted molar refractivity (Wildman–Crippen MR) is 66.4 cm³/mol. The van der Waals surface area contributed by atoms with Crippen molar-refractivity contribution in [2.45, 2.75) is 13.5 Å². The van der Waals surface area contributed by atoms with Crippen molar-refractivity contribution < 1.29 is 9.84 Å². The van der Waals surface area contributed by atoms with Crippen molar-refractivity contribution in [3.05, 3.63) is 52.8 Å². The van der Waals surface area contributed by atoms with Gasteiger partial charge in [0.2, 0.25) is 0 Å². The Morgan fingerprint density at radius 2 is 2.00 bits per heavy atom. The molecule has 0 saturated carbocycles. The van der Waals surface area contributed by atoms with E-state index in [1.165, 1.54) is 0 Å². The molecule has 1 aromatic carbocycles. The third-order valence-electron chi connectivity index (χ3n) is 2.41. The maximum atomic E-state index is 9.27. The molecule has 0 fully saturated rings. The van der Waals surface area contributed by atoms with Crippen LogP contribution in [0.4, 0.5) is 0 Å². The number of aryl methyl sites for hydroxylation is 1. The Labute approximate surface area is 105 Å². The number of benzene rings is 1. The van der Waals surface area contributed by atoms with Crippen molar-refractivity contribution in [2.75, 3.05) is 0 Å². The van der Waals surface area contributed by atoms with Gasteiger partial charge in [0.15, 0.2) is 0 Å². The molecule has 0 unspecified atom stereocenters. The number of ether oxygens (including phenoxy) is 1. The number of aliphatic hydroxyl groups is 1. The van der Waals surface area contributed by atoms with Crippen LogP contribution >= 0.6 is 11.6 Å². The third-order valence-corrected chi connectivity index (χ3v) is 2.77. The van der Waals surface area contributed by atoms with E-state index in [4.69, 9.17) is 16.3 Å². The van der Waals surface area contributed by atoms with Gasteiger partial charge in [0.25, 0.3) is 0 Å². The van der Waals surface area contributed by atoms with Crippen molar-refractivity contribution in [1.29, 1.82) is 0 Å². The highest BCUT2D eigenvalue weighted by Gasteiger charge is 2.09. The molecular weight excluding hydrogens is 238 g/mol. The van der Waals surface area contributed by atoms with E-state index in [9.17, 15) is 5.11 Å². The fourth-order valence-electron chi connectivity index (χ4n) is 1.48. The van der Waals surface area contributed by atoms with Crippen LogP contribution in [0.3, 0.4) is 0 Å². The lowest BCUT2D eigenvalue weighted by Crippen LogP contribution is -1.95. The molecule has 0 aliphatic heterocycles. The standard InChI is InChI=1S/C13H12ClNO2/c1-9-12(6-3-7-15-9)17-13-5-2-4-11(14)10(13)8-16/h2-7,16H,8H2,1H3. The molecule has 1 N–H and O–H groups in total. The molecule has 3 nitrogen and oxygen atoms in total. The molecule has 0 aliphatic rings. The van der Waals surface area contributed by atoms with Crippen LogP contribution in [0, 0.1) is 6.92 Å². The van der Waals surface area contributed by atoms with E-state index in [0.29, 0.717) is 22.1 Å². The molecule has 0 saturated heterocycles. The Morgan fingerprint density at radius 3 is 2.71 bits per heavy atom. The first-order valence-electron chi connectivity index (χ1n) is 5.20. The molecule has 1 heterocycles. The predicted octanol–water partition coefficient (Wildman–Crippen LogP) is 3.33. The summed E-state index contributed by atoms with van der Waals surface area (Å²) >= 11 is 5.98. The lowest BCUT2D eigenvalue weighted by Gasteiger charge is -2.11. The van der Waals surface area contributed by atoms with Gasteiger partial charge in [0.1, 0.15) is 11.5 Å². The van der Waals surface area contributed by atoms with Gasteiger partial charge in [-0.1, -0.05) is 17.7 Å². The number of nitrogens with zero attached hydrogens (tertiary/aromatic N) is 1. The van der Waals surface area contributed by atoms with Crippen LogP contribution < -0.4 is 4.74 Å². The second-order valence-electron chi connectivity index (χ2n) is 3.56. The largest absolute Gasteiger partial charge is 0.455 e. The van der Waals surface area contributed by atoms with Crippen molar-refractivity contribution in [1.82, 2.24) is 4.98 Å². The minimum Gasteiger partial charge on any atom is -0.455 e. The minimum absolute atomic E-state index is 0.158. The first kappa shape index (κ1) is 11.9. The SMILES string of the molecule is Cc1ncccc1Oc1cccc(Cl)c1CO. The van der Waals surface area contributed by atoms with E-state index in [1.807, 2.05) is 13.0 Å². The van der Waals surface area contributed by atoms with Crippen molar-refractivity contribution >= 4 is 11.6 Å². The van der Waals surface area contributed by atoms with Gasteiger partial charge >= 0.3 is 0 Å². The fourth-order valence-corrected chi connectivity index (χ4v) is 1.71. The van der Waals surface area contributed by atoms with Gasteiger partial charge in [-0.2, -0.15) is 0 Å². The number of rotatable bonds is 3. The quantitative estimate of drug-likeness (QED) is 0.907. The second kappa shape index (κ2) is 5.17. The van der Waals surface area contributed by atoms with E-state index >= 15 is 0 Å². The molecule has 17 heavy (non-hydrogen) atoms. The number of aromatic nitrogens is 1. The zero-order valence-corrected chi connectivity index (χ0v) is 10.1. The van der Waals surface area contributed by atoms with E-state index in [1.54, 1.807) is 30.5 Å². The molecule has 0 amide bonds. The summed E-state index contributed by atoms with van der Waals surface area (Å²) < 4.78 is 5.71. The Kier molecular flexibility index (Phi) is 3.61. The lowest BCUT2D eigenvalue weighted by molar-refractivity contribution is 0.276. The summed E-state index contributed by atoms with van der Waals surface area (Å²) in [4.78, 5) is 4.13. The zero-order chi connectivity index (χ0) is 12.3. The molecule has 4 heteroatoms. The van der Waals surface area contributed by atoms with Crippen LogP contribution in [-0.2, 0) is 6.61 Å². The first-order chi connectivity index (χ1) is 8.22. The molecule has 0 aliphatic carbocycles. The topological polar surface area (TPSA) is 42.4 Å². The van der Waals surface area contributed by atoms with Gasteiger partial charge in [-0.05, 0) is 31.2 Å². The van der Waals surface area contributed by atoms with Gasteiger partial charge in [-0.15, -0.1) is 0 Å². The van der Waals surface area contributed by atoms with Crippen LogP contribution in [0.1, 0.15) is 11.3 Å². The number of aliphatic hydroxyl groups excluding tert-OH is 1. The number of hydrogen-bond donors (Lipinski definition) is 1. The van der Waals surface area contributed by atoms with Gasteiger partial charge < -0.3 is 9.84 Å². The normalized spacial score (nSPS) is 10.3. The van der Waals surface area contributed by atoms with E-state index in [2.05, 4.69) is 4.98 Å². The van der Waals surface area contributed by atoms with Crippen molar-refractivity contribution in [2.24, 2.45) is 0 Å². The average Bonchev–Trinajstić information content (AvgIpc) is 2.32. The van der Waals surface area contributed by atoms with E-state index in [-0.39, 0.29) is 6.61 Å². The molecule has 0 radical (unpaired) electrons. The Balaban J connectivity index is 2.37. The van der Waals surface area contributed by atoms with Gasteiger partial charge in [-0.3, -0.25) is 4.98 Å². The lowest BCUT2D eigenvalue weighted by atomic mass is 10.2. The molecule has 88 valence electrons. The summed E-state index contributed by atoms with van der Waals surface area (Å²) in [7, 11) is 0. The smallest absolute Gasteiger partial charge is 0.148 e. The van der Waals surface area contributed by atoms with Gasteiger partial charge in [0.05, 0.1) is 12.3 Å².